The van der Waals surface area contributed by atoms with Crippen LogP contribution in [0.4, 0.5) is 9.59 Å². The average Bonchev–Trinajstić information content (AvgIpc) is 2.93. The van der Waals surface area contributed by atoms with Crippen LogP contribution in [0.3, 0.4) is 0 Å². The first-order valence-corrected chi connectivity index (χ1v) is 7.04. The molecule has 1 saturated heterocycles. The van der Waals surface area contributed by atoms with Gasteiger partial charge in [-0.05, 0) is 6.07 Å². The fraction of sp³-hybridized carbons (Fsp3) is 0.0833. The summed E-state index contributed by atoms with van der Waals surface area (Å²) >= 11 is 6.14. The summed E-state index contributed by atoms with van der Waals surface area (Å²) in [4.78, 5) is 22.4. The number of nitrogens with zero attached hydrogens (tertiary/aromatic N) is 2. The third kappa shape index (κ3) is 4.20. The van der Waals surface area contributed by atoms with E-state index in [1.54, 1.807) is 29.7 Å². The minimum Gasteiger partial charge on any atom is -0.461 e. The first-order chi connectivity index (χ1) is 12.0. The maximum atomic E-state index is 11.3. The summed E-state index contributed by atoms with van der Waals surface area (Å²) in [5.74, 6) is 9.51. The number of hydrogen-bond acceptors (Lipinski definition) is 8. The Hall–Kier alpha value is -3.22. The van der Waals surface area contributed by atoms with Gasteiger partial charge in [-0.25, -0.2) is 32.1 Å². The van der Waals surface area contributed by atoms with E-state index >= 15 is 0 Å². The molecule has 1 aliphatic rings. The van der Waals surface area contributed by atoms with Gasteiger partial charge in [0.1, 0.15) is 5.71 Å². The SMILES string of the molecule is N=C1OC(c2ccccc2Cl)C(=NNC(=O)NN)C1=NNC(=O)NN. The minimum atomic E-state index is -0.930. The molecule has 1 aromatic carbocycles. The molecule has 2 rings (SSSR count). The zero-order valence-corrected chi connectivity index (χ0v) is 13.3. The van der Waals surface area contributed by atoms with Gasteiger partial charge >= 0.3 is 12.1 Å². The number of halogens is 1. The van der Waals surface area contributed by atoms with Crippen molar-refractivity contribution >= 4 is 41.0 Å². The van der Waals surface area contributed by atoms with E-state index in [0.29, 0.717) is 10.6 Å². The summed E-state index contributed by atoms with van der Waals surface area (Å²) in [7, 11) is 0. The van der Waals surface area contributed by atoms with Crippen molar-refractivity contribution in [2.24, 2.45) is 21.9 Å². The van der Waals surface area contributed by atoms with Crippen molar-refractivity contribution < 1.29 is 14.3 Å². The van der Waals surface area contributed by atoms with Crippen molar-refractivity contribution in [3.8, 4) is 0 Å². The fourth-order valence-corrected chi connectivity index (χ4v) is 2.11. The van der Waals surface area contributed by atoms with Crippen LogP contribution >= 0.6 is 11.6 Å². The first-order valence-electron chi connectivity index (χ1n) is 6.66. The van der Waals surface area contributed by atoms with Crippen LogP contribution in [0.15, 0.2) is 34.5 Å². The van der Waals surface area contributed by atoms with Crippen molar-refractivity contribution in [2.45, 2.75) is 6.10 Å². The monoisotopic (exact) mass is 367 g/mol. The molecule has 12 nitrogen and oxygen atoms in total. The molecule has 0 radical (unpaired) electrons. The van der Waals surface area contributed by atoms with Crippen LogP contribution in [0.1, 0.15) is 11.7 Å². The quantitative estimate of drug-likeness (QED) is 0.213. The molecule has 0 aliphatic carbocycles. The molecule has 1 unspecified atom stereocenters. The highest BCUT2D eigenvalue weighted by Crippen LogP contribution is 2.31. The van der Waals surface area contributed by atoms with Crippen LogP contribution in [-0.2, 0) is 4.74 Å². The Morgan fingerprint density at radius 2 is 1.72 bits per heavy atom. The number of hydrazine groups is 2. The fourth-order valence-electron chi connectivity index (χ4n) is 1.87. The number of urea groups is 2. The van der Waals surface area contributed by atoms with Gasteiger partial charge in [0.15, 0.2) is 11.8 Å². The largest absolute Gasteiger partial charge is 0.461 e. The van der Waals surface area contributed by atoms with Crippen molar-refractivity contribution in [3.63, 3.8) is 0 Å². The molecule has 0 spiro atoms. The van der Waals surface area contributed by atoms with Gasteiger partial charge in [-0.15, -0.1) is 0 Å². The minimum absolute atomic E-state index is 0.0269. The lowest BCUT2D eigenvalue weighted by molar-refractivity contribution is 0.240. The molecule has 1 aliphatic heterocycles. The molecule has 1 atom stereocenters. The Labute approximate surface area is 146 Å². The van der Waals surface area contributed by atoms with Gasteiger partial charge < -0.3 is 4.74 Å². The Morgan fingerprint density at radius 1 is 1.12 bits per heavy atom. The smallest absolute Gasteiger partial charge is 0.349 e. The van der Waals surface area contributed by atoms with Crippen LogP contribution in [0.5, 0.6) is 0 Å². The van der Waals surface area contributed by atoms with Gasteiger partial charge in [0, 0.05) is 10.6 Å². The van der Waals surface area contributed by atoms with Crippen molar-refractivity contribution in [3.05, 3.63) is 34.9 Å². The molecule has 1 fully saturated rings. The zero-order valence-electron chi connectivity index (χ0n) is 12.5. The number of carbonyl (C=O) groups excluding carboxylic acids is 2. The van der Waals surface area contributed by atoms with E-state index in [1.165, 1.54) is 0 Å². The summed E-state index contributed by atoms with van der Waals surface area (Å²) in [5, 5.41) is 15.8. The average molecular weight is 368 g/mol. The molecule has 1 heterocycles. The third-order valence-corrected chi connectivity index (χ3v) is 3.28. The first kappa shape index (κ1) is 18.1. The Bertz CT molecular complexity index is 764. The van der Waals surface area contributed by atoms with Gasteiger partial charge in [0.25, 0.3) is 0 Å². The molecule has 1 aromatic rings. The second kappa shape index (κ2) is 8.05. The van der Waals surface area contributed by atoms with E-state index < -0.39 is 24.1 Å². The lowest BCUT2D eigenvalue weighted by Crippen LogP contribution is -2.39. The summed E-state index contributed by atoms with van der Waals surface area (Å²) < 4.78 is 5.42. The topological polar surface area (TPSA) is 192 Å². The number of nitrogens with one attached hydrogen (secondary N) is 5. The number of hydrazone groups is 2. The summed E-state index contributed by atoms with van der Waals surface area (Å²) in [6.45, 7) is 0. The Balaban J connectivity index is 2.42. The number of hydrogen-bond donors (Lipinski definition) is 7. The number of rotatable bonds is 3. The van der Waals surface area contributed by atoms with Gasteiger partial charge in [-0.2, -0.15) is 10.2 Å². The number of carbonyl (C=O) groups is 2. The Kier molecular flexibility index (Phi) is 5.84. The van der Waals surface area contributed by atoms with Gasteiger partial charge in [-0.1, -0.05) is 29.8 Å². The van der Waals surface area contributed by atoms with E-state index in [2.05, 4.69) is 15.6 Å². The van der Waals surface area contributed by atoms with E-state index in [-0.39, 0.29) is 11.4 Å². The molecule has 13 heteroatoms. The predicted molar refractivity (Wildman–Crippen MR) is 89.6 cm³/mol. The lowest BCUT2D eigenvalue weighted by atomic mass is 10.0. The van der Waals surface area contributed by atoms with Crippen LogP contribution in [-0.4, -0.2) is 29.4 Å². The number of nitrogens with two attached hydrogens (primary N) is 2. The maximum Gasteiger partial charge on any atom is 0.349 e. The van der Waals surface area contributed by atoms with E-state index in [9.17, 15) is 9.59 Å². The van der Waals surface area contributed by atoms with Gasteiger partial charge in [-0.3, -0.25) is 16.3 Å². The summed E-state index contributed by atoms with van der Waals surface area (Å²) in [5.41, 5.74) is 8.16. The molecule has 0 saturated carbocycles. The molecule has 9 N–H and O–H groups in total. The maximum absolute atomic E-state index is 11.3. The number of amides is 4. The van der Waals surface area contributed by atoms with Gasteiger partial charge in [0.2, 0.25) is 5.90 Å². The van der Waals surface area contributed by atoms with E-state index in [0.717, 1.165) is 0 Å². The normalized spacial score (nSPS) is 19.5. The molecule has 0 aromatic heterocycles. The highest BCUT2D eigenvalue weighted by atomic mass is 35.5. The van der Waals surface area contributed by atoms with Crippen molar-refractivity contribution in [2.75, 3.05) is 0 Å². The molecule has 4 amide bonds. The van der Waals surface area contributed by atoms with Crippen LogP contribution in [0.25, 0.3) is 0 Å². The predicted octanol–water partition coefficient (Wildman–Crippen LogP) is -0.554. The van der Waals surface area contributed by atoms with E-state index in [1.807, 2.05) is 10.9 Å². The second-order valence-corrected chi connectivity index (χ2v) is 4.88. The second-order valence-electron chi connectivity index (χ2n) is 4.48. The van der Waals surface area contributed by atoms with E-state index in [4.69, 9.17) is 33.4 Å². The molecule has 25 heavy (non-hydrogen) atoms. The lowest BCUT2D eigenvalue weighted by Gasteiger charge is -2.12. The number of benzene rings is 1. The summed E-state index contributed by atoms with van der Waals surface area (Å²) in [6, 6.07) is 5.06. The highest BCUT2D eigenvalue weighted by molar-refractivity contribution is 6.69. The standard InChI is InChI=1S/C12H14ClN9O3/c13-6-4-2-1-3-5(6)9-7(19-21-11(23)17-15)8(10(14)25-9)20-22-12(24)18-16/h1-4,9,14H,15-16H2,(H2,17,21,23)(H2,18,22,24). The summed E-state index contributed by atoms with van der Waals surface area (Å²) in [6.07, 6.45) is -0.930. The molecule has 0 bridgehead atoms. The third-order valence-electron chi connectivity index (χ3n) is 2.94. The van der Waals surface area contributed by atoms with Crippen LogP contribution in [0, 0.1) is 5.41 Å². The van der Waals surface area contributed by atoms with Gasteiger partial charge in [0.05, 0.1) is 0 Å². The van der Waals surface area contributed by atoms with Crippen LogP contribution in [0.2, 0.25) is 5.02 Å². The molecule has 132 valence electrons. The zero-order chi connectivity index (χ0) is 18.4. The number of ether oxygens (including phenoxy) is 1. The van der Waals surface area contributed by atoms with Crippen molar-refractivity contribution in [1.29, 1.82) is 5.41 Å². The van der Waals surface area contributed by atoms with Crippen LogP contribution < -0.4 is 33.4 Å². The molecular weight excluding hydrogens is 354 g/mol. The Morgan fingerprint density at radius 3 is 2.32 bits per heavy atom. The highest BCUT2D eigenvalue weighted by Gasteiger charge is 2.38. The van der Waals surface area contributed by atoms with Crippen molar-refractivity contribution in [1.82, 2.24) is 21.7 Å². The molecular formula is C12H14ClN9O3.